The first kappa shape index (κ1) is 19.7. The summed E-state index contributed by atoms with van der Waals surface area (Å²) in [6.07, 6.45) is 6.66. The van der Waals surface area contributed by atoms with Crippen LogP contribution in [0.3, 0.4) is 0 Å². The first-order valence-electron chi connectivity index (χ1n) is 9.68. The molecule has 1 N–H and O–H groups in total. The van der Waals surface area contributed by atoms with E-state index >= 15 is 0 Å². The number of hydrogen-bond donors (Lipinski definition) is 1. The van der Waals surface area contributed by atoms with Crippen molar-refractivity contribution in [2.24, 2.45) is 0 Å². The molecular formula is C23H32O2. The highest BCUT2D eigenvalue weighted by molar-refractivity contribution is 5.37. The van der Waals surface area contributed by atoms with Gasteiger partial charge in [0, 0.05) is 6.61 Å². The van der Waals surface area contributed by atoms with Gasteiger partial charge in [-0.25, -0.2) is 0 Å². The van der Waals surface area contributed by atoms with Crippen LogP contribution in [0.5, 0.6) is 0 Å². The second-order valence-electron chi connectivity index (χ2n) is 6.65. The summed E-state index contributed by atoms with van der Waals surface area (Å²) in [5, 5.41) is 11.8. The second-order valence-corrected chi connectivity index (χ2v) is 6.65. The summed E-state index contributed by atoms with van der Waals surface area (Å²) in [6, 6.07) is 19.9. The summed E-state index contributed by atoms with van der Waals surface area (Å²) in [5.41, 5.74) is 0.671. The lowest BCUT2D eigenvalue weighted by molar-refractivity contribution is -0.0910. The molecule has 2 aromatic rings. The Balaban J connectivity index is 2.28. The van der Waals surface area contributed by atoms with Crippen LogP contribution in [0.2, 0.25) is 0 Å². The fourth-order valence-corrected chi connectivity index (χ4v) is 3.47. The van der Waals surface area contributed by atoms with E-state index < -0.39 is 5.60 Å². The Hall–Kier alpha value is -1.64. The third kappa shape index (κ3) is 5.17. The molecule has 0 radical (unpaired) electrons. The number of benzene rings is 2. The molecule has 1 unspecified atom stereocenters. The Morgan fingerprint density at radius 2 is 1.32 bits per heavy atom. The van der Waals surface area contributed by atoms with Crippen molar-refractivity contribution in [3.8, 4) is 0 Å². The molecule has 0 saturated carbocycles. The normalized spacial score (nSPS) is 12.9. The average Bonchev–Trinajstić information content (AvgIpc) is 2.68. The highest BCUT2D eigenvalue weighted by atomic mass is 16.5. The molecule has 0 bridgehead atoms. The molecule has 2 nitrogen and oxygen atoms in total. The van der Waals surface area contributed by atoms with Crippen molar-refractivity contribution in [3.63, 3.8) is 0 Å². The van der Waals surface area contributed by atoms with E-state index in [9.17, 15) is 5.11 Å². The first-order chi connectivity index (χ1) is 12.2. The van der Waals surface area contributed by atoms with Gasteiger partial charge in [0.05, 0.1) is 6.10 Å². The smallest absolute Gasteiger partial charge is 0.141 e. The van der Waals surface area contributed by atoms with Crippen LogP contribution in [0.25, 0.3) is 0 Å². The Bertz CT molecular complexity index is 540. The molecule has 0 aliphatic carbocycles. The van der Waals surface area contributed by atoms with Crippen LogP contribution in [0.4, 0.5) is 0 Å². The van der Waals surface area contributed by atoms with Crippen LogP contribution >= 0.6 is 0 Å². The number of hydrogen-bond acceptors (Lipinski definition) is 2. The topological polar surface area (TPSA) is 29.5 Å². The van der Waals surface area contributed by atoms with Crippen molar-refractivity contribution in [3.05, 3.63) is 71.8 Å². The van der Waals surface area contributed by atoms with E-state index in [1.165, 1.54) is 25.7 Å². The fraction of sp³-hybridized carbons (Fsp3) is 0.478. The van der Waals surface area contributed by atoms with Gasteiger partial charge in [-0.05, 0) is 24.5 Å². The third-order valence-electron chi connectivity index (χ3n) is 4.83. The molecule has 0 aliphatic heterocycles. The molecule has 0 fully saturated rings. The lowest BCUT2D eigenvalue weighted by Crippen LogP contribution is -2.42. The van der Waals surface area contributed by atoms with E-state index in [0.29, 0.717) is 6.61 Å². The van der Waals surface area contributed by atoms with Crippen molar-refractivity contribution in [2.75, 3.05) is 6.61 Å². The van der Waals surface area contributed by atoms with Crippen molar-refractivity contribution >= 4 is 0 Å². The zero-order valence-corrected chi connectivity index (χ0v) is 15.7. The van der Waals surface area contributed by atoms with Crippen molar-refractivity contribution in [1.82, 2.24) is 0 Å². The van der Waals surface area contributed by atoms with Gasteiger partial charge in [0.15, 0.2) is 0 Å². The second kappa shape index (κ2) is 10.4. The van der Waals surface area contributed by atoms with E-state index in [1.807, 2.05) is 67.6 Å². The van der Waals surface area contributed by atoms with E-state index in [4.69, 9.17) is 4.74 Å². The van der Waals surface area contributed by atoms with Gasteiger partial charge in [-0.2, -0.15) is 0 Å². The Kier molecular flexibility index (Phi) is 8.17. The average molecular weight is 341 g/mol. The summed E-state index contributed by atoms with van der Waals surface area (Å²) >= 11 is 0. The molecule has 2 heteroatoms. The summed E-state index contributed by atoms with van der Waals surface area (Å²) in [4.78, 5) is 0. The summed E-state index contributed by atoms with van der Waals surface area (Å²) in [5.74, 6) is 0. The van der Waals surface area contributed by atoms with Gasteiger partial charge in [-0.3, -0.25) is 0 Å². The summed E-state index contributed by atoms with van der Waals surface area (Å²) < 4.78 is 6.07. The number of unbranched alkanes of at least 4 members (excludes halogenated alkanes) is 4. The molecule has 1 atom stereocenters. The van der Waals surface area contributed by atoms with Crippen molar-refractivity contribution in [2.45, 2.75) is 64.1 Å². The molecule has 25 heavy (non-hydrogen) atoms. The number of aliphatic hydroxyl groups is 1. The van der Waals surface area contributed by atoms with Crippen LogP contribution in [-0.2, 0) is 10.3 Å². The highest BCUT2D eigenvalue weighted by Crippen LogP contribution is 2.37. The molecule has 136 valence electrons. The Morgan fingerprint density at radius 3 is 1.80 bits per heavy atom. The maximum atomic E-state index is 11.8. The van der Waals surface area contributed by atoms with Crippen LogP contribution in [0.1, 0.15) is 63.5 Å². The van der Waals surface area contributed by atoms with Crippen molar-refractivity contribution in [1.29, 1.82) is 0 Å². The molecule has 0 saturated heterocycles. The monoisotopic (exact) mass is 340 g/mol. The minimum atomic E-state index is -1.12. The predicted molar refractivity (Wildman–Crippen MR) is 105 cm³/mol. The van der Waals surface area contributed by atoms with Gasteiger partial charge in [-0.15, -0.1) is 0 Å². The highest BCUT2D eigenvalue weighted by Gasteiger charge is 2.40. The molecular weight excluding hydrogens is 308 g/mol. The number of rotatable bonds is 11. The number of ether oxygens (including phenoxy) is 1. The fourth-order valence-electron chi connectivity index (χ4n) is 3.47. The van der Waals surface area contributed by atoms with Crippen LogP contribution in [-0.4, -0.2) is 17.8 Å². The molecule has 2 aromatic carbocycles. The van der Waals surface area contributed by atoms with E-state index in [2.05, 4.69) is 6.92 Å². The largest absolute Gasteiger partial charge is 0.378 e. The molecule has 2 rings (SSSR count). The van der Waals surface area contributed by atoms with Gasteiger partial charge >= 0.3 is 0 Å². The quantitative estimate of drug-likeness (QED) is 0.533. The van der Waals surface area contributed by atoms with Crippen LogP contribution < -0.4 is 0 Å². The maximum Gasteiger partial charge on any atom is 0.141 e. The van der Waals surface area contributed by atoms with Gasteiger partial charge in [0.1, 0.15) is 5.60 Å². The van der Waals surface area contributed by atoms with E-state index in [0.717, 1.165) is 24.0 Å². The standard InChI is InChI=1S/C23H32O2/c1-3-5-6-7-14-19-22(25-4-2)23(24,20-15-10-8-11-16-20)21-17-12-9-13-18-21/h8-13,15-18,22,24H,3-7,14,19H2,1-2H3. The zero-order chi connectivity index (χ0) is 18.0. The summed E-state index contributed by atoms with van der Waals surface area (Å²) in [7, 11) is 0. The van der Waals surface area contributed by atoms with Gasteiger partial charge < -0.3 is 9.84 Å². The lowest BCUT2D eigenvalue weighted by Gasteiger charge is -2.37. The summed E-state index contributed by atoms with van der Waals surface area (Å²) in [6.45, 7) is 4.83. The van der Waals surface area contributed by atoms with E-state index in [1.54, 1.807) is 0 Å². The minimum absolute atomic E-state index is 0.246. The first-order valence-corrected chi connectivity index (χ1v) is 9.68. The van der Waals surface area contributed by atoms with Gasteiger partial charge in [-0.1, -0.05) is 99.7 Å². The zero-order valence-electron chi connectivity index (χ0n) is 15.7. The Labute approximate surface area is 152 Å². The SMILES string of the molecule is CCCCCCCC(OCC)C(O)(c1ccccc1)c1ccccc1. The van der Waals surface area contributed by atoms with Crippen LogP contribution in [0.15, 0.2) is 60.7 Å². The molecule has 0 amide bonds. The third-order valence-corrected chi connectivity index (χ3v) is 4.83. The minimum Gasteiger partial charge on any atom is -0.378 e. The molecule has 0 heterocycles. The molecule has 0 aliphatic rings. The lowest BCUT2D eigenvalue weighted by atomic mass is 9.79. The Morgan fingerprint density at radius 1 is 0.800 bits per heavy atom. The van der Waals surface area contributed by atoms with Gasteiger partial charge in [0.2, 0.25) is 0 Å². The van der Waals surface area contributed by atoms with E-state index in [-0.39, 0.29) is 6.10 Å². The maximum absolute atomic E-state index is 11.8. The van der Waals surface area contributed by atoms with Gasteiger partial charge in [0.25, 0.3) is 0 Å². The van der Waals surface area contributed by atoms with Crippen molar-refractivity contribution < 1.29 is 9.84 Å². The van der Waals surface area contributed by atoms with Crippen LogP contribution in [0, 0.1) is 0 Å². The predicted octanol–water partition coefficient (Wildman–Crippen LogP) is 5.69. The molecule has 0 aromatic heterocycles. The molecule has 0 spiro atoms.